The topological polar surface area (TPSA) is 67.6 Å². The van der Waals surface area contributed by atoms with Crippen LogP contribution in [0.1, 0.15) is 35.5 Å². The summed E-state index contributed by atoms with van der Waals surface area (Å²) < 4.78 is 21.2. The summed E-state index contributed by atoms with van der Waals surface area (Å²) >= 11 is 0. The Morgan fingerprint density at radius 3 is 2.59 bits per heavy atom. The third kappa shape index (κ3) is 4.96. The number of ether oxygens (including phenoxy) is 1. The molecule has 1 fully saturated rings. The van der Waals surface area contributed by atoms with Gasteiger partial charge in [-0.1, -0.05) is 18.2 Å². The average Bonchev–Trinajstić information content (AvgIpc) is 3.12. The average molecular weight is 437 g/mol. The third-order valence-corrected chi connectivity index (χ3v) is 5.50. The molecule has 1 aliphatic rings. The Bertz CT molecular complexity index is 1080. The van der Waals surface area contributed by atoms with Crippen molar-refractivity contribution in [3.8, 4) is 5.82 Å². The maximum absolute atomic E-state index is 13.3. The number of benzene rings is 1. The summed E-state index contributed by atoms with van der Waals surface area (Å²) in [6.45, 7) is 8.00. The number of aryl methyl sites for hydroxylation is 2. The Kier molecular flexibility index (Phi) is 6.50. The molecule has 8 heteroatoms. The molecule has 1 aliphatic heterocycles. The number of rotatable bonds is 4. The summed E-state index contributed by atoms with van der Waals surface area (Å²) in [7, 11) is 1.78. The standard InChI is InChI=1S/C24H29FN6O/c1-16-11-17(2)31(29-16)23-10-5-19(12-27-23)13-28-24(26-4)30-14-18(3)32-22(15-30)20-6-8-21(25)9-7-20/h5-12,18,22H,13-15H2,1-4H3,(H,26,28). The van der Waals surface area contributed by atoms with Crippen LogP contribution in [0.25, 0.3) is 5.82 Å². The number of hydrogen-bond acceptors (Lipinski definition) is 4. The van der Waals surface area contributed by atoms with Gasteiger partial charge in [-0.15, -0.1) is 0 Å². The second-order valence-corrected chi connectivity index (χ2v) is 8.16. The molecule has 2 aromatic heterocycles. The Balaban J connectivity index is 1.40. The Morgan fingerprint density at radius 2 is 1.97 bits per heavy atom. The lowest BCUT2D eigenvalue weighted by atomic mass is 10.1. The van der Waals surface area contributed by atoms with E-state index in [2.05, 4.69) is 25.3 Å². The molecule has 0 saturated carbocycles. The predicted octanol–water partition coefficient (Wildman–Crippen LogP) is 3.56. The highest BCUT2D eigenvalue weighted by molar-refractivity contribution is 5.80. The SMILES string of the molecule is CN=C(NCc1ccc(-n2nc(C)cc2C)nc1)N1CC(C)OC(c2ccc(F)cc2)C1. The van der Waals surface area contributed by atoms with Crippen molar-refractivity contribution in [2.75, 3.05) is 20.1 Å². The van der Waals surface area contributed by atoms with Crippen LogP contribution in [0.5, 0.6) is 0 Å². The quantitative estimate of drug-likeness (QED) is 0.500. The molecule has 0 spiro atoms. The molecular formula is C24H29FN6O. The van der Waals surface area contributed by atoms with E-state index in [1.807, 2.05) is 49.8 Å². The van der Waals surface area contributed by atoms with Crippen molar-refractivity contribution in [1.29, 1.82) is 0 Å². The molecule has 168 valence electrons. The summed E-state index contributed by atoms with van der Waals surface area (Å²) in [5.74, 6) is 1.35. The van der Waals surface area contributed by atoms with Crippen molar-refractivity contribution in [2.24, 2.45) is 4.99 Å². The zero-order valence-corrected chi connectivity index (χ0v) is 18.9. The first-order chi connectivity index (χ1) is 15.4. The van der Waals surface area contributed by atoms with E-state index in [-0.39, 0.29) is 18.0 Å². The summed E-state index contributed by atoms with van der Waals surface area (Å²) in [6.07, 6.45) is 1.74. The van der Waals surface area contributed by atoms with Crippen LogP contribution in [0.3, 0.4) is 0 Å². The maximum Gasteiger partial charge on any atom is 0.194 e. The largest absolute Gasteiger partial charge is 0.367 e. The molecule has 0 aliphatic carbocycles. The van der Waals surface area contributed by atoms with E-state index in [9.17, 15) is 4.39 Å². The molecule has 3 heterocycles. The van der Waals surface area contributed by atoms with Crippen molar-refractivity contribution in [3.63, 3.8) is 0 Å². The van der Waals surface area contributed by atoms with Gasteiger partial charge in [0.25, 0.3) is 0 Å². The first kappa shape index (κ1) is 22.0. The predicted molar refractivity (Wildman–Crippen MR) is 122 cm³/mol. The summed E-state index contributed by atoms with van der Waals surface area (Å²) in [5, 5.41) is 7.91. The summed E-state index contributed by atoms with van der Waals surface area (Å²) in [5.41, 5.74) is 4.03. The van der Waals surface area contributed by atoms with E-state index in [0.717, 1.165) is 40.8 Å². The van der Waals surface area contributed by atoms with Gasteiger partial charge >= 0.3 is 0 Å². The molecule has 2 atom stereocenters. The number of guanidine groups is 1. The fraction of sp³-hybridized carbons (Fsp3) is 0.375. The Hall–Kier alpha value is -3.26. The van der Waals surface area contributed by atoms with Gasteiger partial charge in [0, 0.05) is 32.0 Å². The van der Waals surface area contributed by atoms with Crippen LogP contribution in [0.2, 0.25) is 0 Å². The molecule has 4 rings (SSSR count). The van der Waals surface area contributed by atoms with Crippen molar-refractivity contribution < 1.29 is 9.13 Å². The van der Waals surface area contributed by atoms with Gasteiger partial charge in [0.05, 0.1) is 18.3 Å². The van der Waals surface area contributed by atoms with E-state index < -0.39 is 0 Å². The molecule has 0 radical (unpaired) electrons. The van der Waals surface area contributed by atoms with Gasteiger partial charge in [-0.25, -0.2) is 14.1 Å². The van der Waals surface area contributed by atoms with Gasteiger partial charge in [-0.2, -0.15) is 5.10 Å². The highest BCUT2D eigenvalue weighted by atomic mass is 19.1. The molecule has 1 saturated heterocycles. The third-order valence-electron chi connectivity index (χ3n) is 5.50. The molecule has 32 heavy (non-hydrogen) atoms. The molecule has 0 bridgehead atoms. The van der Waals surface area contributed by atoms with Crippen LogP contribution in [-0.4, -0.2) is 51.9 Å². The van der Waals surface area contributed by atoms with E-state index in [1.165, 1.54) is 12.1 Å². The van der Waals surface area contributed by atoms with Crippen molar-refractivity contribution in [2.45, 2.75) is 39.5 Å². The summed E-state index contributed by atoms with van der Waals surface area (Å²) in [6, 6.07) is 12.5. The highest BCUT2D eigenvalue weighted by Crippen LogP contribution is 2.25. The zero-order chi connectivity index (χ0) is 22.7. The second kappa shape index (κ2) is 9.48. The molecule has 7 nitrogen and oxygen atoms in total. The zero-order valence-electron chi connectivity index (χ0n) is 18.9. The van der Waals surface area contributed by atoms with Crippen LogP contribution >= 0.6 is 0 Å². The van der Waals surface area contributed by atoms with E-state index in [0.29, 0.717) is 13.1 Å². The number of hydrogen-bond donors (Lipinski definition) is 1. The van der Waals surface area contributed by atoms with E-state index in [1.54, 1.807) is 19.2 Å². The number of aromatic nitrogens is 3. The van der Waals surface area contributed by atoms with Gasteiger partial charge in [-0.05, 0) is 56.2 Å². The lowest BCUT2D eigenvalue weighted by molar-refractivity contribution is -0.0605. The minimum atomic E-state index is -0.246. The van der Waals surface area contributed by atoms with Crippen LogP contribution < -0.4 is 5.32 Å². The van der Waals surface area contributed by atoms with Crippen LogP contribution in [0.4, 0.5) is 4.39 Å². The molecule has 3 aromatic rings. The Morgan fingerprint density at radius 1 is 1.19 bits per heavy atom. The maximum atomic E-state index is 13.3. The number of halogens is 1. The minimum absolute atomic E-state index is 0.0269. The molecule has 0 amide bonds. The second-order valence-electron chi connectivity index (χ2n) is 8.16. The fourth-order valence-corrected chi connectivity index (χ4v) is 4.01. The van der Waals surface area contributed by atoms with Gasteiger partial charge in [0.2, 0.25) is 0 Å². The van der Waals surface area contributed by atoms with Gasteiger partial charge in [-0.3, -0.25) is 4.99 Å². The summed E-state index contributed by atoms with van der Waals surface area (Å²) in [4.78, 5) is 11.2. The normalized spacial score (nSPS) is 19.3. The number of aliphatic imine (C=N–C) groups is 1. The number of pyridine rings is 1. The van der Waals surface area contributed by atoms with Gasteiger partial charge in [0.15, 0.2) is 11.8 Å². The van der Waals surface area contributed by atoms with Gasteiger partial charge < -0.3 is 15.0 Å². The Labute approximate surface area is 188 Å². The molecular weight excluding hydrogens is 407 g/mol. The smallest absolute Gasteiger partial charge is 0.194 e. The van der Waals surface area contributed by atoms with E-state index >= 15 is 0 Å². The van der Waals surface area contributed by atoms with Gasteiger partial charge in [0.1, 0.15) is 11.9 Å². The lowest BCUT2D eigenvalue weighted by Gasteiger charge is -2.38. The lowest BCUT2D eigenvalue weighted by Crippen LogP contribution is -2.50. The monoisotopic (exact) mass is 436 g/mol. The first-order valence-electron chi connectivity index (χ1n) is 10.8. The minimum Gasteiger partial charge on any atom is -0.367 e. The fourth-order valence-electron chi connectivity index (χ4n) is 4.01. The van der Waals surface area contributed by atoms with Crippen LogP contribution in [-0.2, 0) is 11.3 Å². The highest BCUT2D eigenvalue weighted by Gasteiger charge is 2.28. The molecule has 1 aromatic carbocycles. The van der Waals surface area contributed by atoms with Crippen molar-refractivity contribution >= 4 is 5.96 Å². The van der Waals surface area contributed by atoms with Crippen LogP contribution in [0.15, 0.2) is 53.7 Å². The number of nitrogens with one attached hydrogen (secondary N) is 1. The van der Waals surface area contributed by atoms with Crippen molar-refractivity contribution in [1.82, 2.24) is 25.0 Å². The number of morpholine rings is 1. The first-order valence-corrected chi connectivity index (χ1v) is 10.8. The molecule has 1 N–H and O–H groups in total. The molecule has 2 unspecified atom stereocenters. The van der Waals surface area contributed by atoms with Crippen LogP contribution in [0, 0.1) is 19.7 Å². The van der Waals surface area contributed by atoms with Crippen molar-refractivity contribution in [3.05, 3.63) is 77.0 Å². The number of nitrogens with zero attached hydrogens (tertiary/aromatic N) is 5. The van der Waals surface area contributed by atoms with E-state index in [4.69, 9.17) is 4.74 Å².